The van der Waals surface area contributed by atoms with Crippen LogP contribution in [0.25, 0.3) is 11.0 Å². The van der Waals surface area contributed by atoms with Gasteiger partial charge in [-0.3, -0.25) is 4.79 Å². The number of nitrogens with zero attached hydrogens (tertiary/aromatic N) is 2. The molecule has 1 amide bonds. The number of hydrogen-bond donors (Lipinski definition) is 2. The van der Waals surface area contributed by atoms with Crippen molar-refractivity contribution in [3.05, 3.63) is 48.0 Å². The molecule has 0 spiro atoms. The van der Waals surface area contributed by atoms with Crippen LogP contribution in [0.5, 0.6) is 0 Å². The number of nitrogens with one attached hydrogen (secondary N) is 1. The highest BCUT2D eigenvalue weighted by atomic mass is 32.2. The Morgan fingerprint density at radius 3 is 2.64 bits per heavy atom. The lowest BCUT2D eigenvalue weighted by Crippen LogP contribution is -2.16. The number of carbonyl (C=O) groups is 1. The number of primary sulfonamides is 1. The van der Waals surface area contributed by atoms with Crippen molar-refractivity contribution in [1.29, 1.82) is 0 Å². The second-order valence-electron chi connectivity index (χ2n) is 6.73. The summed E-state index contributed by atoms with van der Waals surface area (Å²) in [7, 11) is -1.97. The zero-order chi connectivity index (χ0) is 20.5. The van der Waals surface area contributed by atoms with E-state index < -0.39 is 10.0 Å². The molecule has 0 aliphatic rings. The van der Waals surface area contributed by atoms with E-state index in [1.165, 1.54) is 23.9 Å². The minimum absolute atomic E-state index is 0.0117. The van der Waals surface area contributed by atoms with Gasteiger partial charge in [0.25, 0.3) is 0 Å². The van der Waals surface area contributed by atoms with E-state index in [9.17, 15) is 13.2 Å². The highest BCUT2D eigenvalue weighted by molar-refractivity contribution is 7.99. The Bertz CT molecular complexity index is 1140. The topological polar surface area (TPSA) is 107 Å². The third-order valence-corrected chi connectivity index (χ3v) is 6.27. The fourth-order valence-corrected chi connectivity index (χ4v) is 4.22. The summed E-state index contributed by atoms with van der Waals surface area (Å²) < 4.78 is 24.9. The molecule has 9 heteroatoms. The zero-order valence-corrected chi connectivity index (χ0v) is 17.5. The highest BCUT2D eigenvalue weighted by Gasteiger charge is 2.15. The Morgan fingerprint density at radius 2 is 1.96 bits per heavy atom. The van der Waals surface area contributed by atoms with Crippen LogP contribution >= 0.6 is 11.8 Å². The van der Waals surface area contributed by atoms with Crippen LogP contribution in [0.1, 0.15) is 25.3 Å². The van der Waals surface area contributed by atoms with Crippen molar-refractivity contribution >= 4 is 44.4 Å². The standard InChI is InChI=1S/C19H22N4O3S2/c1-12(2)14-6-4-5-7-15(14)21-18(24)11-27-19-22-16-10-13(28(20,25)26)8-9-17(16)23(19)3/h4-10,12H,11H2,1-3H3,(H,21,24)(H2,20,25,26). The van der Waals surface area contributed by atoms with Gasteiger partial charge in [0, 0.05) is 12.7 Å². The zero-order valence-electron chi connectivity index (χ0n) is 15.8. The van der Waals surface area contributed by atoms with Gasteiger partial charge in [-0.2, -0.15) is 0 Å². The number of aromatic nitrogens is 2. The van der Waals surface area contributed by atoms with Crippen molar-refractivity contribution in [2.75, 3.05) is 11.1 Å². The predicted molar refractivity (Wildman–Crippen MR) is 112 cm³/mol. The number of amides is 1. The molecule has 0 aliphatic carbocycles. The van der Waals surface area contributed by atoms with E-state index in [0.717, 1.165) is 16.8 Å². The molecule has 0 aliphatic heterocycles. The van der Waals surface area contributed by atoms with Crippen LogP contribution < -0.4 is 10.5 Å². The largest absolute Gasteiger partial charge is 0.325 e. The number of anilines is 1. The van der Waals surface area contributed by atoms with Gasteiger partial charge in [0.1, 0.15) is 0 Å². The van der Waals surface area contributed by atoms with Gasteiger partial charge < -0.3 is 9.88 Å². The molecular weight excluding hydrogens is 396 g/mol. The third kappa shape index (κ3) is 4.37. The van der Waals surface area contributed by atoms with Gasteiger partial charge in [0.15, 0.2) is 5.16 Å². The molecule has 2 aromatic carbocycles. The summed E-state index contributed by atoms with van der Waals surface area (Å²) >= 11 is 1.29. The first kappa shape index (κ1) is 20.4. The monoisotopic (exact) mass is 418 g/mol. The van der Waals surface area contributed by atoms with E-state index in [4.69, 9.17) is 5.14 Å². The predicted octanol–water partition coefficient (Wildman–Crippen LogP) is 3.07. The first-order valence-corrected chi connectivity index (χ1v) is 11.2. The lowest BCUT2D eigenvalue weighted by molar-refractivity contribution is -0.113. The second-order valence-corrected chi connectivity index (χ2v) is 9.23. The normalized spacial score (nSPS) is 11.9. The first-order chi connectivity index (χ1) is 13.2. The molecule has 3 N–H and O–H groups in total. The van der Waals surface area contributed by atoms with E-state index in [2.05, 4.69) is 24.1 Å². The number of thioether (sulfide) groups is 1. The summed E-state index contributed by atoms with van der Waals surface area (Å²) in [6, 6.07) is 12.3. The van der Waals surface area contributed by atoms with Crippen LogP contribution in [0.15, 0.2) is 52.5 Å². The number of imidazole rings is 1. The van der Waals surface area contributed by atoms with E-state index in [0.29, 0.717) is 16.6 Å². The fourth-order valence-electron chi connectivity index (χ4n) is 2.89. The van der Waals surface area contributed by atoms with E-state index in [1.807, 2.05) is 35.9 Å². The maximum absolute atomic E-state index is 12.4. The molecule has 3 rings (SSSR count). The molecule has 0 unspecified atom stereocenters. The number of hydrogen-bond acceptors (Lipinski definition) is 5. The minimum atomic E-state index is -3.79. The van der Waals surface area contributed by atoms with Gasteiger partial charge in [0.05, 0.1) is 21.7 Å². The molecule has 7 nitrogen and oxygen atoms in total. The highest BCUT2D eigenvalue weighted by Crippen LogP contribution is 2.26. The Hall–Kier alpha value is -2.36. The Kier molecular flexibility index (Phi) is 5.78. The van der Waals surface area contributed by atoms with Gasteiger partial charge in [-0.1, -0.05) is 43.8 Å². The Labute approximate surface area is 168 Å². The van der Waals surface area contributed by atoms with Crippen LogP contribution in [-0.4, -0.2) is 29.6 Å². The molecule has 0 atom stereocenters. The summed E-state index contributed by atoms with van der Waals surface area (Å²) in [5, 5.41) is 8.75. The average molecular weight is 419 g/mol. The summed E-state index contributed by atoms with van der Waals surface area (Å²) in [5.74, 6) is 0.360. The van der Waals surface area contributed by atoms with Gasteiger partial charge in [-0.05, 0) is 35.7 Å². The van der Waals surface area contributed by atoms with Crippen molar-refractivity contribution in [2.24, 2.45) is 12.2 Å². The number of rotatable bonds is 6. The number of sulfonamides is 1. The van der Waals surface area contributed by atoms with E-state index in [-0.39, 0.29) is 16.6 Å². The molecule has 3 aromatic rings. The summed E-state index contributed by atoms with van der Waals surface area (Å²) in [4.78, 5) is 16.9. The number of para-hydroxylation sites is 1. The van der Waals surface area contributed by atoms with Crippen molar-refractivity contribution in [3.63, 3.8) is 0 Å². The number of nitrogens with two attached hydrogens (primary N) is 1. The number of benzene rings is 2. The number of fused-ring (bicyclic) bond motifs is 1. The molecule has 0 fully saturated rings. The van der Waals surface area contributed by atoms with Gasteiger partial charge in [-0.25, -0.2) is 18.5 Å². The molecule has 148 valence electrons. The van der Waals surface area contributed by atoms with Gasteiger partial charge in [-0.15, -0.1) is 0 Å². The maximum atomic E-state index is 12.4. The quantitative estimate of drug-likeness (QED) is 0.598. The fraction of sp³-hybridized carbons (Fsp3) is 0.263. The van der Waals surface area contributed by atoms with Crippen molar-refractivity contribution in [2.45, 2.75) is 29.8 Å². The van der Waals surface area contributed by atoms with Gasteiger partial charge in [0.2, 0.25) is 15.9 Å². The molecule has 28 heavy (non-hydrogen) atoms. The minimum Gasteiger partial charge on any atom is -0.325 e. The van der Waals surface area contributed by atoms with Crippen LogP contribution in [0.4, 0.5) is 5.69 Å². The molecule has 0 bridgehead atoms. The molecule has 0 saturated carbocycles. The summed E-state index contributed by atoms with van der Waals surface area (Å²) in [5.41, 5.74) is 3.17. The third-order valence-electron chi connectivity index (χ3n) is 4.33. The van der Waals surface area contributed by atoms with E-state index >= 15 is 0 Å². The lowest BCUT2D eigenvalue weighted by atomic mass is 10.0. The first-order valence-electron chi connectivity index (χ1n) is 8.67. The summed E-state index contributed by atoms with van der Waals surface area (Å²) in [6.45, 7) is 4.16. The van der Waals surface area contributed by atoms with Crippen LogP contribution in [-0.2, 0) is 21.9 Å². The van der Waals surface area contributed by atoms with Crippen LogP contribution in [0.3, 0.4) is 0 Å². The van der Waals surface area contributed by atoms with E-state index in [1.54, 1.807) is 6.07 Å². The number of carbonyl (C=O) groups excluding carboxylic acids is 1. The average Bonchev–Trinajstić information content (AvgIpc) is 2.95. The molecule has 0 radical (unpaired) electrons. The number of aryl methyl sites for hydroxylation is 1. The molecular formula is C19H22N4O3S2. The maximum Gasteiger partial charge on any atom is 0.238 e. The van der Waals surface area contributed by atoms with Crippen LogP contribution in [0, 0.1) is 0 Å². The van der Waals surface area contributed by atoms with Crippen molar-refractivity contribution < 1.29 is 13.2 Å². The summed E-state index contributed by atoms with van der Waals surface area (Å²) in [6.07, 6.45) is 0. The Morgan fingerprint density at radius 1 is 1.25 bits per heavy atom. The van der Waals surface area contributed by atoms with Crippen molar-refractivity contribution in [3.8, 4) is 0 Å². The molecule has 0 saturated heterocycles. The Balaban J connectivity index is 1.75. The molecule has 1 heterocycles. The lowest BCUT2D eigenvalue weighted by Gasteiger charge is -2.13. The SMILES string of the molecule is CC(C)c1ccccc1NC(=O)CSc1nc2cc(S(N)(=O)=O)ccc2n1C. The second kappa shape index (κ2) is 7.94. The molecule has 1 aromatic heterocycles. The van der Waals surface area contributed by atoms with Crippen molar-refractivity contribution in [1.82, 2.24) is 9.55 Å². The van der Waals surface area contributed by atoms with Gasteiger partial charge >= 0.3 is 0 Å². The van der Waals surface area contributed by atoms with Crippen LogP contribution in [0.2, 0.25) is 0 Å². The smallest absolute Gasteiger partial charge is 0.238 e.